The number of rotatable bonds is 8. The molecular weight excluding hydrogens is 635 g/mol. The average molecular weight is 670 g/mol. The Morgan fingerprint density at radius 2 is 0.850 bits per heavy atom. The van der Waals surface area contributed by atoms with Gasteiger partial charge in [0.15, 0.2) is 0 Å². The molecular formula is C34H34O2P2RuS+. The quantitative estimate of drug-likeness (QED) is 0.0951. The first-order valence-corrected chi connectivity index (χ1v) is 16.5. The minimum atomic E-state index is -0.409. The number of esters is 1. The summed E-state index contributed by atoms with van der Waals surface area (Å²) in [6.45, 7) is 2.18. The summed E-state index contributed by atoms with van der Waals surface area (Å²) in [6.07, 6.45) is 10.0. The zero-order valence-corrected chi connectivity index (χ0v) is 26.9. The second-order valence-electron chi connectivity index (χ2n) is 8.25. The molecule has 4 aromatic rings. The molecule has 0 amide bonds. The van der Waals surface area contributed by atoms with Gasteiger partial charge in [0, 0.05) is 5.90 Å². The van der Waals surface area contributed by atoms with Crippen LogP contribution in [0.2, 0.25) is 0 Å². The molecule has 0 unspecified atom stereocenters. The third-order valence-electron chi connectivity index (χ3n) is 5.53. The Morgan fingerprint density at radius 3 is 1.05 bits per heavy atom. The number of ether oxygens (including phenoxy) is 1. The van der Waals surface area contributed by atoms with Crippen LogP contribution < -0.4 is 21.2 Å². The molecule has 205 valence electrons. The van der Waals surface area contributed by atoms with E-state index in [0.717, 1.165) is 0 Å². The Morgan fingerprint density at radius 1 is 0.575 bits per heavy atom. The van der Waals surface area contributed by atoms with Gasteiger partial charge in [-0.05, 0) is 76.1 Å². The van der Waals surface area contributed by atoms with Crippen LogP contribution in [0.5, 0.6) is 0 Å². The third kappa shape index (κ3) is 12.4. The minimum Gasteiger partial charge on any atom is -0.782 e. The summed E-state index contributed by atoms with van der Waals surface area (Å²) in [4.78, 5) is 10.1. The molecule has 0 saturated heterocycles. The Labute approximate surface area is 262 Å². The fourth-order valence-corrected chi connectivity index (χ4v) is 10.3. The normalized spacial score (nSPS) is 11.9. The number of benzene rings is 4. The first kappa shape index (κ1) is 34.4. The van der Waals surface area contributed by atoms with Crippen molar-refractivity contribution in [3.63, 3.8) is 0 Å². The van der Waals surface area contributed by atoms with Crippen LogP contribution in [0.4, 0.5) is 0 Å². The van der Waals surface area contributed by atoms with E-state index in [-0.39, 0.29) is 31.2 Å². The van der Waals surface area contributed by atoms with Crippen molar-refractivity contribution < 1.29 is 29.0 Å². The van der Waals surface area contributed by atoms with Crippen molar-refractivity contribution in [2.45, 2.75) is 6.92 Å². The topological polar surface area (TPSA) is 26.3 Å². The first-order valence-electron chi connectivity index (χ1n) is 12.9. The molecule has 0 bridgehead atoms. The van der Waals surface area contributed by atoms with Gasteiger partial charge in [-0.1, -0.05) is 127 Å². The zero-order chi connectivity index (χ0) is 27.5. The molecule has 5 rings (SSSR count). The Bertz CT molecular complexity index is 1010. The predicted octanol–water partition coefficient (Wildman–Crippen LogP) is 6.33. The van der Waals surface area contributed by atoms with Crippen molar-refractivity contribution in [3.05, 3.63) is 153 Å². The molecule has 0 atom stereocenters. The second-order valence-corrected chi connectivity index (χ2v) is 13.4. The first-order chi connectivity index (χ1) is 19.2. The molecule has 1 aliphatic rings. The van der Waals surface area contributed by atoms with Crippen molar-refractivity contribution in [3.8, 4) is 0 Å². The van der Waals surface area contributed by atoms with Crippen LogP contribution in [0.25, 0.3) is 0 Å². The van der Waals surface area contributed by atoms with Crippen LogP contribution in [0, 0.1) is 32.1 Å². The van der Waals surface area contributed by atoms with Gasteiger partial charge in [-0.2, -0.15) is 0 Å². The van der Waals surface area contributed by atoms with E-state index < -0.39 is 15.8 Å². The van der Waals surface area contributed by atoms with E-state index in [2.05, 4.69) is 139 Å². The van der Waals surface area contributed by atoms with Crippen molar-refractivity contribution in [1.82, 2.24) is 0 Å². The van der Waals surface area contributed by atoms with Gasteiger partial charge in [-0.15, -0.1) is 0 Å². The maximum atomic E-state index is 10.1. The Kier molecular flexibility index (Phi) is 18.0. The van der Waals surface area contributed by atoms with Gasteiger partial charge in [0.25, 0.3) is 5.97 Å². The van der Waals surface area contributed by atoms with E-state index in [1.807, 2.05) is 32.1 Å². The summed E-state index contributed by atoms with van der Waals surface area (Å²) in [6, 6.07) is 44.1. The van der Waals surface area contributed by atoms with Crippen molar-refractivity contribution in [2.75, 3.05) is 18.3 Å². The Balaban J connectivity index is 0.000000360. The summed E-state index contributed by atoms with van der Waals surface area (Å²) in [5, 5.41) is 5.83. The van der Waals surface area contributed by atoms with Gasteiger partial charge >= 0.3 is 19.5 Å². The van der Waals surface area contributed by atoms with Crippen LogP contribution in [0.1, 0.15) is 6.92 Å². The monoisotopic (exact) mass is 670 g/mol. The number of hydrogen-bond acceptors (Lipinski definition) is 3. The molecule has 4 aromatic carbocycles. The molecule has 1 fully saturated rings. The van der Waals surface area contributed by atoms with E-state index in [1.165, 1.54) is 27.1 Å². The fraction of sp³-hybridized carbons (Fsp3) is 0.118. The van der Waals surface area contributed by atoms with E-state index >= 15 is 0 Å². The van der Waals surface area contributed by atoms with E-state index in [4.69, 9.17) is 0 Å². The third-order valence-corrected chi connectivity index (χ3v) is 11.7. The van der Waals surface area contributed by atoms with Crippen LogP contribution in [0.3, 0.4) is 0 Å². The van der Waals surface area contributed by atoms with Gasteiger partial charge in [0.05, 0.1) is 6.61 Å². The number of hydrogen-bond donors (Lipinski definition) is 0. The largest absolute Gasteiger partial charge is 2.00 e. The summed E-state index contributed by atoms with van der Waals surface area (Å²) in [5.41, 5.74) is 0. The number of carbonyl (C=O) groups is 1. The molecule has 2 nitrogen and oxygen atoms in total. The number of carbonyl (C=O) groups excluding carboxylic acids is 1. The van der Waals surface area contributed by atoms with Crippen LogP contribution in [-0.2, 0) is 41.6 Å². The standard InChI is InChI=1S/C25H22P2.C5H5.C4H8O2S.Ru/c1-5-13-22(14-6-1)26(23-15-7-2-8-16-23)21-27(24-17-9-3-10-18-24)25-19-11-4-12-20-25;1-2-4-5-3-1;1-2-6-4(5)3-7;/h1-20H,21H2;1-5H;7H,2-3H2,1H3;/q;;;+2/p-1. The molecule has 1 saturated carbocycles. The van der Waals surface area contributed by atoms with Crippen LogP contribution >= 0.6 is 15.8 Å². The smallest absolute Gasteiger partial charge is 0.782 e. The van der Waals surface area contributed by atoms with Crippen LogP contribution in [-0.4, -0.2) is 24.2 Å². The molecule has 5 radical (unpaired) electrons. The van der Waals surface area contributed by atoms with Crippen LogP contribution in [0.15, 0.2) is 121 Å². The predicted molar refractivity (Wildman–Crippen MR) is 173 cm³/mol. The van der Waals surface area contributed by atoms with Crippen molar-refractivity contribution >= 4 is 55.7 Å². The van der Waals surface area contributed by atoms with Gasteiger partial charge in [-0.25, -0.2) is 0 Å². The molecule has 0 aliphatic heterocycles. The molecule has 40 heavy (non-hydrogen) atoms. The molecule has 1 aliphatic carbocycles. The summed E-state index contributed by atoms with van der Waals surface area (Å²) in [5.74, 6) is 0.929. The maximum Gasteiger partial charge on any atom is 2.00 e. The van der Waals surface area contributed by atoms with Crippen molar-refractivity contribution in [2.24, 2.45) is 0 Å². The van der Waals surface area contributed by atoms with E-state index in [9.17, 15) is 4.79 Å². The van der Waals surface area contributed by atoms with Gasteiger partial charge < -0.3 is 17.4 Å². The second kappa shape index (κ2) is 21.0. The molecule has 0 aromatic heterocycles. The SMILES string of the molecule is CCOC(=O)C[S-].[CH]1[CH][CH][CH][CH]1.[Ru+2].c1ccc(P(CP(c2ccccc2)c2ccccc2)c2ccccc2)cc1. The molecule has 0 N–H and O–H groups in total. The Hall–Kier alpha value is -1.82. The van der Waals surface area contributed by atoms with E-state index in [0.29, 0.717) is 6.61 Å². The summed E-state index contributed by atoms with van der Waals surface area (Å²) < 4.78 is 4.45. The fourth-order valence-electron chi connectivity index (χ4n) is 3.72. The van der Waals surface area contributed by atoms with E-state index in [1.54, 1.807) is 6.92 Å². The van der Waals surface area contributed by atoms with Gasteiger partial charge in [-0.3, -0.25) is 4.79 Å². The average Bonchev–Trinajstić information content (AvgIpc) is 3.61. The maximum absolute atomic E-state index is 10.1. The molecule has 0 heterocycles. The molecule has 6 heteroatoms. The van der Waals surface area contributed by atoms with Gasteiger partial charge in [0.1, 0.15) is 0 Å². The van der Waals surface area contributed by atoms with Gasteiger partial charge in [0.2, 0.25) is 0 Å². The summed E-state index contributed by atoms with van der Waals surface area (Å²) >= 11 is 4.37. The summed E-state index contributed by atoms with van der Waals surface area (Å²) in [7, 11) is -0.817. The molecule has 0 spiro atoms. The minimum absolute atomic E-state index is 0. The van der Waals surface area contributed by atoms with Crippen molar-refractivity contribution in [1.29, 1.82) is 0 Å². The zero-order valence-electron chi connectivity index (χ0n) is 22.5.